The summed E-state index contributed by atoms with van der Waals surface area (Å²) in [5, 5.41) is 0.523. The van der Waals surface area contributed by atoms with Gasteiger partial charge < -0.3 is 10.5 Å². The van der Waals surface area contributed by atoms with Gasteiger partial charge in [-0.25, -0.2) is 4.99 Å². The number of methoxy groups -OCH3 is 1. The summed E-state index contributed by atoms with van der Waals surface area (Å²) in [5.41, 5.74) is 7.16. The smallest absolute Gasteiger partial charge is 0.231 e. The predicted octanol–water partition coefficient (Wildman–Crippen LogP) is 3.40. The Kier molecular flexibility index (Phi) is 6.59. The minimum atomic E-state index is -0.615. The van der Waals surface area contributed by atoms with E-state index >= 15 is 0 Å². The van der Waals surface area contributed by atoms with Crippen molar-refractivity contribution in [2.24, 2.45) is 10.7 Å². The van der Waals surface area contributed by atoms with Gasteiger partial charge in [0.25, 0.3) is 0 Å². The number of aliphatic imine (C=N–C) groups is 1. The monoisotopic (exact) mass is 417 g/mol. The highest BCUT2D eigenvalue weighted by Gasteiger charge is 2.34. The Balaban J connectivity index is 1.83. The van der Waals surface area contributed by atoms with Crippen LogP contribution in [-0.2, 0) is 16.0 Å². The molecule has 2 aromatic rings. The second-order valence-electron chi connectivity index (χ2n) is 6.23. The van der Waals surface area contributed by atoms with Crippen molar-refractivity contribution in [3.05, 3.63) is 59.1 Å². The zero-order valence-electron chi connectivity index (χ0n) is 15.3. The van der Waals surface area contributed by atoms with Gasteiger partial charge in [-0.15, -0.1) is 0 Å². The molecule has 28 heavy (non-hydrogen) atoms. The van der Waals surface area contributed by atoms with Crippen LogP contribution in [0.5, 0.6) is 5.75 Å². The van der Waals surface area contributed by atoms with Crippen molar-refractivity contribution < 1.29 is 14.3 Å². The molecule has 0 aliphatic carbocycles. The van der Waals surface area contributed by atoms with E-state index in [1.807, 2.05) is 24.3 Å². The predicted molar refractivity (Wildman–Crippen MR) is 112 cm³/mol. The maximum atomic E-state index is 12.7. The van der Waals surface area contributed by atoms with Gasteiger partial charge >= 0.3 is 0 Å². The van der Waals surface area contributed by atoms with Gasteiger partial charge in [0.2, 0.25) is 11.8 Å². The molecule has 1 heterocycles. The molecule has 0 spiro atoms. The van der Waals surface area contributed by atoms with Crippen molar-refractivity contribution in [1.82, 2.24) is 4.90 Å². The summed E-state index contributed by atoms with van der Waals surface area (Å²) in [6.07, 6.45) is 0.717. The summed E-state index contributed by atoms with van der Waals surface area (Å²) in [7, 11) is 1.59. The number of thioether (sulfide) groups is 1. The number of benzene rings is 2. The van der Waals surface area contributed by atoms with Crippen molar-refractivity contribution in [3.8, 4) is 5.75 Å². The van der Waals surface area contributed by atoms with E-state index in [1.165, 1.54) is 11.8 Å². The highest BCUT2D eigenvalue weighted by molar-refractivity contribution is 8.15. The van der Waals surface area contributed by atoms with E-state index in [0.717, 1.165) is 5.56 Å². The number of halogens is 1. The fraction of sp³-hybridized carbons (Fsp3) is 0.250. The Morgan fingerprint density at radius 3 is 2.54 bits per heavy atom. The Hall–Kier alpha value is -2.51. The Morgan fingerprint density at radius 1 is 1.25 bits per heavy atom. The van der Waals surface area contributed by atoms with E-state index in [1.54, 1.807) is 36.3 Å². The molecule has 0 radical (unpaired) electrons. The molecule has 1 aliphatic rings. The lowest BCUT2D eigenvalue weighted by Gasteiger charge is -2.31. The molecule has 2 N–H and O–H groups in total. The molecule has 1 fully saturated rings. The fourth-order valence-corrected chi connectivity index (χ4v) is 3.93. The van der Waals surface area contributed by atoms with Crippen molar-refractivity contribution in [2.75, 3.05) is 13.7 Å². The topological polar surface area (TPSA) is 85.0 Å². The van der Waals surface area contributed by atoms with Crippen LogP contribution in [0.25, 0.3) is 0 Å². The second-order valence-corrected chi connectivity index (χ2v) is 7.83. The number of carbonyl (C=O) groups excluding carboxylic acids is 2. The third-order valence-corrected chi connectivity index (χ3v) is 5.75. The van der Waals surface area contributed by atoms with E-state index in [0.29, 0.717) is 34.6 Å². The number of nitrogens with two attached hydrogens (primary N) is 1. The highest BCUT2D eigenvalue weighted by atomic mass is 35.5. The number of carbonyl (C=O) groups is 2. The van der Waals surface area contributed by atoms with Gasteiger partial charge in [-0.1, -0.05) is 35.5 Å². The molecule has 1 atom stereocenters. The lowest BCUT2D eigenvalue weighted by molar-refractivity contribution is -0.129. The Bertz CT molecular complexity index is 885. The summed E-state index contributed by atoms with van der Waals surface area (Å²) in [4.78, 5) is 30.5. The molecule has 3 rings (SSSR count). The van der Waals surface area contributed by atoms with Crippen LogP contribution in [0.15, 0.2) is 53.5 Å². The Labute approximate surface area is 172 Å². The normalized spacial score (nSPS) is 18.4. The highest BCUT2D eigenvalue weighted by Crippen LogP contribution is 2.29. The molecule has 0 unspecified atom stereocenters. The molecule has 1 saturated heterocycles. The number of nitrogens with zero attached hydrogens (tertiary/aromatic N) is 2. The van der Waals surface area contributed by atoms with Crippen LogP contribution in [0.2, 0.25) is 5.02 Å². The summed E-state index contributed by atoms with van der Waals surface area (Å²) >= 11 is 7.15. The van der Waals surface area contributed by atoms with E-state index in [9.17, 15) is 9.59 Å². The standard InChI is InChI=1S/C20H20ClN3O3S/c1-27-16-8-6-15(7-9-16)23-20-24(18(25)12-17(28-20)19(22)26)11-10-13-2-4-14(21)5-3-13/h2-9,17H,10-12H2,1H3,(H2,22,26)/t17-/m1/s1. The lowest BCUT2D eigenvalue weighted by Crippen LogP contribution is -2.46. The van der Waals surface area contributed by atoms with E-state index < -0.39 is 11.2 Å². The van der Waals surface area contributed by atoms with Crippen LogP contribution in [-0.4, -0.2) is 40.8 Å². The summed E-state index contributed by atoms with van der Waals surface area (Å²) < 4.78 is 5.15. The maximum Gasteiger partial charge on any atom is 0.231 e. The molecule has 0 saturated carbocycles. The molecule has 0 aromatic heterocycles. The zero-order valence-corrected chi connectivity index (χ0v) is 16.9. The van der Waals surface area contributed by atoms with Gasteiger partial charge in [0.1, 0.15) is 5.75 Å². The number of primary amides is 1. The summed E-state index contributed by atoms with van der Waals surface area (Å²) in [5.74, 6) is 0.0350. The van der Waals surface area contributed by atoms with Crippen molar-refractivity contribution in [1.29, 1.82) is 0 Å². The van der Waals surface area contributed by atoms with Crippen LogP contribution in [0.1, 0.15) is 12.0 Å². The van der Waals surface area contributed by atoms with Crippen LogP contribution >= 0.6 is 23.4 Å². The van der Waals surface area contributed by atoms with Gasteiger partial charge in [0.15, 0.2) is 5.17 Å². The third-order valence-electron chi connectivity index (χ3n) is 4.29. The number of amidine groups is 1. The second kappa shape index (κ2) is 9.12. The van der Waals surface area contributed by atoms with Gasteiger partial charge in [-0.2, -0.15) is 0 Å². The van der Waals surface area contributed by atoms with Gasteiger partial charge in [0.05, 0.1) is 18.0 Å². The number of rotatable bonds is 6. The molecule has 2 amide bonds. The van der Waals surface area contributed by atoms with Crippen LogP contribution in [0, 0.1) is 0 Å². The summed E-state index contributed by atoms with van der Waals surface area (Å²) in [6.45, 7) is 0.452. The van der Waals surface area contributed by atoms with Crippen LogP contribution in [0.4, 0.5) is 5.69 Å². The first-order valence-corrected chi connectivity index (χ1v) is 9.95. The van der Waals surface area contributed by atoms with Gasteiger partial charge in [0, 0.05) is 18.0 Å². The average molecular weight is 418 g/mol. The molecular weight excluding hydrogens is 398 g/mol. The first kappa shape index (κ1) is 20.2. The number of hydrogen-bond acceptors (Lipinski definition) is 5. The SMILES string of the molecule is COc1ccc(N=C2S[C@@H](C(N)=O)CC(=O)N2CCc2ccc(Cl)cc2)cc1. The Morgan fingerprint density at radius 2 is 1.93 bits per heavy atom. The molecule has 6 nitrogen and oxygen atoms in total. The minimum Gasteiger partial charge on any atom is -0.497 e. The first-order valence-electron chi connectivity index (χ1n) is 8.70. The fourth-order valence-electron chi connectivity index (χ4n) is 2.73. The minimum absolute atomic E-state index is 0.0717. The van der Waals surface area contributed by atoms with E-state index in [-0.39, 0.29) is 12.3 Å². The molecule has 2 aromatic carbocycles. The van der Waals surface area contributed by atoms with Gasteiger partial charge in [-0.3, -0.25) is 14.5 Å². The third kappa shape index (κ3) is 5.05. The van der Waals surface area contributed by atoms with E-state index in [2.05, 4.69) is 4.99 Å². The molecule has 1 aliphatic heterocycles. The number of amides is 2. The van der Waals surface area contributed by atoms with Crippen LogP contribution in [0.3, 0.4) is 0 Å². The van der Waals surface area contributed by atoms with Gasteiger partial charge in [-0.05, 0) is 48.4 Å². The molecule has 8 heteroatoms. The number of hydrogen-bond donors (Lipinski definition) is 1. The molecular formula is C20H20ClN3O3S. The van der Waals surface area contributed by atoms with Crippen molar-refractivity contribution in [2.45, 2.75) is 18.1 Å². The van der Waals surface area contributed by atoms with Crippen molar-refractivity contribution in [3.63, 3.8) is 0 Å². The van der Waals surface area contributed by atoms with E-state index in [4.69, 9.17) is 22.1 Å². The maximum absolute atomic E-state index is 12.7. The average Bonchev–Trinajstić information content (AvgIpc) is 2.69. The largest absolute Gasteiger partial charge is 0.497 e. The zero-order chi connectivity index (χ0) is 20.1. The number of ether oxygens (including phenoxy) is 1. The molecule has 146 valence electrons. The first-order chi connectivity index (χ1) is 13.5. The lowest BCUT2D eigenvalue weighted by atomic mass is 10.1. The summed E-state index contributed by atoms with van der Waals surface area (Å²) in [6, 6.07) is 14.7. The van der Waals surface area contributed by atoms with Crippen LogP contribution < -0.4 is 10.5 Å². The van der Waals surface area contributed by atoms with Crippen molar-refractivity contribution >= 4 is 46.0 Å². The quantitative estimate of drug-likeness (QED) is 0.780. The molecule has 0 bridgehead atoms.